The van der Waals surface area contributed by atoms with Crippen LogP contribution in [0, 0.1) is 0 Å². The lowest BCUT2D eigenvalue weighted by molar-refractivity contribution is -0.131. The number of rotatable bonds is 5. The quantitative estimate of drug-likeness (QED) is 0.742. The summed E-state index contributed by atoms with van der Waals surface area (Å²) in [7, 11) is 7.24. The van der Waals surface area contributed by atoms with Crippen LogP contribution in [0.15, 0.2) is 6.20 Å². The molecule has 1 aromatic heterocycles. The molecule has 0 bridgehead atoms. The summed E-state index contributed by atoms with van der Waals surface area (Å²) >= 11 is 0. The molecule has 8 heteroatoms. The van der Waals surface area contributed by atoms with Gasteiger partial charge in [0, 0.05) is 53.4 Å². The van der Waals surface area contributed by atoms with Crippen molar-refractivity contribution in [3.8, 4) is 0 Å². The summed E-state index contributed by atoms with van der Waals surface area (Å²) in [5.74, 6) is 0.741. The molecule has 0 N–H and O–H groups in total. The summed E-state index contributed by atoms with van der Waals surface area (Å²) in [5, 5.41) is 0. The van der Waals surface area contributed by atoms with Gasteiger partial charge in [-0.05, 0) is 32.4 Å². The molecular formula is C21H34N6O2. The zero-order chi connectivity index (χ0) is 21.0. The minimum absolute atomic E-state index is 0.0590. The molecule has 0 spiro atoms. The zero-order valence-corrected chi connectivity index (χ0v) is 18.2. The fourth-order valence-corrected chi connectivity index (χ4v) is 4.11. The Morgan fingerprint density at radius 3 is 2.38 bits per heavy atom. The first-order valence-electron chi connectivity index (χ1n) is 10.6. The molecule has 2 fully saturated rings. The van der Waals surface area contributed by atoms with Gasteiger partial charge in [-0.25, -0.2) is 9.97 Å². The highest BCUT2D eigenvalue weighted by molar-refractivity contribution is 5.95. The van der Waals surface area contributed by atoms with Gasteiger partial charge in [-0.3, -0.25) is 14.5 Å². The molecule has 1 atom stereocenters. The van der Waals surface area contributed by atoms with Crippen LogP contribution in [0.2, 0.25) is 0 Å². The standard InChI is InChI=1S/C21H34N6O2/c1-24(2)20(29)17-13-22-21(25(3)4)23-19(17)16-9-12-27(14-16)18(28)15-26-10-7-5-6-8-11-26/h13,16H,5-12,14-15H2,1-4H3. The van der Waals surface area contributed by atoms with Crippen molar-refractivity contribution >= 4 is 17.8 Å². The van der Waals surface area contributed by atoms with Gasteiger partial charge in [-0.15, -0.1) is 0 Å². The summed E-state index contributed by atoms with van der Waals surface area (Å²) in [6, 6.07) is 0. The lowest BCUT2D eigenvalue weighted by Gasteiger charge is -2.24. The average molecular weight is 403 g/mol. The van der Waals surface area contributed by atoms with Crippen LogP contribution in [0.25, 0.3) is 0 Å². The topological polar surface area (TPSA) is 72.9 Å². The van der Waals surface area contributed by atoms with E-state index in [9.17, 15) is 9.59 Å². The third kappa shape index (κ3) is 5.23. The van der Waals surface area contributed by atoms with Crippen LogP contribution in [0.4, 0.5) is 5.95 Å². The van der Waals surface area contributed by atoms with Gasteiger partial charge in [-0.2, -0.15) is 0 Å². The SMILES string of the molecule is CN(C)C(=O)c1cnc(N(C)C)nc1C1CCN(C(=O)CN2CCCCCC2)C1. The highest BCUT2D eigenvalue weighted by Gasteiger charge is 2.32. The van der Waals surface area contributed by atoms with E-state index in [0.29, 0.717) is 31.1 Å². The van der Waals surface area contributed by atoms with Gasteiger partial charge in [-0.1, -0.05) is 12.8 Å². The van der Waals surface area contributed by atoms with Gasteiger partial charge in [0.05, 0.1) is 17.8 Å². The van der Waals surface area contributed by atoms with Crippen LogP contribution in [0.5, 0.6) is 0 Å². The number of carbonyl (C=O) groups excluding carboxylic acids is 2. The third-order valence-corrected chi connectivity index (χ3v) is 5.83. The lowest BCUT2D eigenvalue weighted by Crippen LogP contribution is -2.39. The Morgan fingerprint density at radius 1 is 1.07 bits per heavy atom. The summed E-state index contributed by atoms with van der Waals surface area (Å²) in [4.78, 5) is 42.2. The largest absolute Gasteiger partial charge is 0.347 e. The summed E-state index contributed by atoms with van der Waals surface area (Å²) in [6.45, 7) is 3.87. The second kappa shape index (κ2) is 9.52. The number of hydrogen-bond donors (Lipinski definition) is 0. The Hall–Kier alpha value is -2.22. The van der Waals surface area contributed by atoms with Crippen molar-refractivity contribution in [3.05, 3.63) is 17.5 Å². The first kappa shape index (κ1) is 21.5. The Bertz CT molecular complexity index is 728. The minimum atomic E-state index is -0.0975. The molecule has 29 heavy (non-hydrogen) atoms. The van der Waals surface area contributed by atoms with Gasteiger partial charge in [0.25, 0.3) is 5.91 Å². The maximum atomic E-state index is 12.9. The molecule has 1 unspecified atom stereocenters. The van der Waals surface area contributed by atoms with Gasteiger partial charge in [0.15, 0.2) is 0 Å². The van der Waals surface area contributed by atoms with Crippen LogP contribution in [-0.2, 0) is 4.79 Å². The number of amides is 2. The molecule has 1 aromatic rings. The first-order chi connectivity index (χ1) is 13.9. The molecule has 3 heterocycles. The predicted molar refractivity (Wildman–Crippen MR) is 113 cm³/mol. The van der Waals surface area contributed by atoms with E-state index in [1.54, 1.807) is 25.2 Å². The number of likely N-dealkylation sites (tertiary alicyclic amines) is 2. The molecule has 0 aromatic carbocycles. The highest BCUT2D eigenvalue weighted by Crippen LogP contribution is 2.30. The van der Waals surface area contributed by atoms with E-state index in [2.05, 4.69) is 9.88 Å². The van der Waals surface area contributed by atoms with Crippen LogP contribution in [-0.4, -0.2) is 97.4 Å². The second-order valence-corrected chi connectivity index (χ2v) is 8.58. The molecule has 2 aliphatic rings. The van der Waals surface area contributed by atoms with Crippen molar-refractivity contribution in [2.75, 3.05) is 65.8 Å². The van der Waals surface area contributed by atoms with Crippen molar-refractivity contribution < 1.29 is 9.59 Å². The average Bonchev–Trinajstić information content (AvgIpc) is 3.06. The van der Waals surface area contributed by atoms with Gasteiger partial charge in [0.1, 0.15) is 0 Å². The van der Waals surface area contributed by atoms with E-state index in [0.717, 1.165) is 25.2 Å². The molecule has 0 aliphatic carbocycles. The van der Waals surface area contributed by atoms with Gasteiger partial charge >= 0.3 is 0 Å². The number of anilines is 1. The summed E-state index contributed by atoms with van der Waals surface area (Å²) in [5.41, 5.74) is 1.29. The number of aromatic nitrogens is 2. The van der Waals surface area contributed by atoms with Gasteiger partial charge < -0.3 is 14.7 Å². The molecule has 8 nitrogen and oxygen atoms in total. The van der Waals surface area contributed by atoms with Crippen LogP contribution < -0.4 is 4.90 Å². The number of carbonyl (C=O) groups is 2. The highest BCUT2D eigenvalue weighted by atomic mass is 16.2. The zero-order valence-electron chi connectivity index (χ0n) is 18.2. The Kier molecular flexibility index (Phi) is 7.05. The summed E-state index contributed by atoms with van der Waals surface area (Å²) in [6.07, 6.45) is 7.34. The fourth-order valence-electron chi connectivity index (χ4n) is 4.11. The Balaban J connectivity index is 1.73. The maximum absolute atomic E-state index is 12.9. The Morgan fingerprint density at radius 2 is 1.76 bits per heavy atom. The van der Waals surface area contributed by atoms with Crippen molar-refractivity contribution in [2.45, 2.75) is 38.0 Å². The van der Waals surface area contributed by atoms with E-state index in [4.69, 9.17) is 4.98 Å². The summed E-state index contributed by atoms with van der Waals surface area (Å²) < 4.78 is 0. The van der Waals surface area contributed by atoms with Crippen molar-refractivity contribution in [3.63, 3.8) is 0 Å². The van der Waals surface area contributed by atoms with Crippen molar-refractivity contribution in [1.29, 1.82) is 0 Å². The molecular weight excluding hydrogens is 368 g/mol. The van der Waals surface area contributed by atoms with Crippen molar-refractivity contribution in [2.24, 2.45) is 0 Å². The van der Waals surface area contributed by atoms with E-state index in [1.165, 1.54) is 25.7 Å². The van der Waals surface area contributed by atoms with E-state index in [-0.39, 0.29) is 17.7 Å². The smallest absolute Gasteiger partial charge is 0.256 e. The van der Waals surface area contributed by atoms with Crippen LogP contribution in [0.1, 0.15) is 54.1 Å². The van der Waals surface area contributed by atoms with E-state index < -0.39 is 0 Å². The van der Waals surface area contributed by atoms with E-state index >= 15 is 0 Å². The molecule has 0 saturated carbocycles. The van der Waals surface area contributed by atoms with Crippen molar-refractivity contribution in [1.82, 2.24) is 24.7 Å². The molecule has 3 rings (SSSR count). The molecule has 2 saturated heterocycles. The maximum Gasteiger partial charge on any atom is 0.256 e. The molecule has 0 radical (unpaired) electrons. The van der Waals surface area contributed by atoms with E-state index in [1.807, 2.05) is 23.9 Å². The fraction of sp³-hybridized carbons (Fsp3) is 0.714. The lowest BCUT2D eigenvalue weighted by atomic mass is 9.99. The number of hydrogen-bond acceptors (Lipinski definition) is 6. The van der Waals surface area contributed by atoms with Gasteiger partial charge in [0.2, 0.25) is 11.9 Å². The predicted octanol–water partition coefficient (Wildman–Crippen LogP) is 1.44. The molecule has 2 aliphatic heterocycles. The minimum Gasteiger partial charge on any atom is -0.347 e. The van der Waals surface area contributed by atoms with Crippen LogP contribution in [0.3, 0.4) is 0 Å². The molecule has 160 valence electrons. The second-order valence-electron chi connectivity index (χ2n) is 8.58. The number of nitrogens with zero attached hydrogens (tertiary/aromatic N) is 6. The Labute approximate surface area is 173 Å². The third-order valence-electron chi connectivity index (χ3n) is 5.83. The molecule has 2 amide bonds. The monoisotopic (exact) mass is 402 g/mol. The first-order valence-corrected chi connectivity index (χ1v) is 10.6. The normalized spacial score (nSPS) is 20.4. The van der Waals surface area contributed by atoms with Crippen LogP contribution >= 0.6 is 0 Å².